The second-order valence-corrected chi connectivity index (χ2v) is 2.50. The SMILES string of the molecule is C=[n+]1ccc2c(c1)C=CC=C=2. The van der Waals surface area contributed by atoms with Gasteiger partial charge in [-0.2, -0.15) is 4.24 Å². The van der Waals surface area contributed by atoms with Crippen molar-refractivity contribution < 1.29 is 4.24 Å². The highest BCUT2D eigenvalue weighted by Gasteiger charge is 1.95. The summed E-state index contributed by atoms with van der Waals surface area (Å²) in [6.07, 6.45) is 9.83. The summed E-state index contributed by atoms with van der Waals surface area (Å²) < 4.78 is 1.79. The molecule has 0 amide bonds. The fraction of sp³-hybridized carbons (Fsp3) is 0. The number of pyridine rings is 1. The van der Waals surface area contributed by atoms with Crippen molar-refractivity contribution >= 4 is 11.8 Å². The first kappa shape index (κ1) is 6.14. The van der Waals surface area contributed by atoms with Gasteiger partial charge < -0.3 is 0 Å². The molecule has 0 aliphatic heterocycles. The van der Waals surface area contributed by atoms with E-state index in [0.29, 0.717) is 0 Å². The molecule has 0 bridgehead atoms. The highest BCUT2D eigenvalue weighted by atomic mass is 14.7. The van der Waals surface area contributed by atoms with E-state index in [0.717, 1.165) is 5.22 Å². The molecule has 11 heavy (non-hydrogen) atoms. The minimum atomic E-state index is 1.13. The van der Waals surface area contributed by atoms with Crippen molar-refractivity contribution in [3.63, 3.8) is 0 Å². The number of hydrogen-bond donors (Lipinski definition) is 0. The number of rotatable bonds is 0. The van der Waals surface area contributed by atoms with Crippen LogP contribution in [0.2, 0.25) is 0 Å². The van der Waals surface area contributed by atoms with E-state index in [-0.39, 0.29) is 0 Å². The highest BCUT2D eigenvalue weighted by molar-refractivity contribution is 5.56. The Bertz CT molecular complexity index is 448. The van der Waals surface area contributed by atoms with Gasteiger partial charge in [-0.15, -0.1) is 5.73 Å². The van der Waals surface area contributed by atoms with Gasteiger partial charge >= 0.3 is 0 Å². The molecule has 1 aromatic rings. The molecule has 0 spiro atoms. The second kappa shape index (κ2) is 2.22. The molecule has 1 heteroatoms. The van der Waals surface area contributed by atoms with Gasteiger partial charge in [0.1, 0.15) is 6.72 Å². The number of aromatic nitrogens is 1. The van der Waals surface area contributed by atoms with E-state index in [1.54, 1.807) is 4.24 Å². The Morgan fingerprint density at radius 2 is 2.36 bits per heavy atom. The topological polar surface area (TPSA) is 5.90 Å². The van der Waals surface area contributed by atoms with Crippen LogP contribution in [0.15, 0.2) is 30.6 Å². The largest absolute Gasteiger partial charge is 0.182 e. The molecule has 0 N–H and O–H groups in total. The molecule has 2 rings (SSSR count). The third kappa shape index (κ3) is 1.02. The van der Waals surface area contributed by atoms with Gasteiger partial charge in [-0.3, -0.25) is 0 Å². The summed E-state index contributed by atoms with van der Waals surface area (Å²) in [5.74, 6) is 0. The van der Waals surface area contributed by atoms with Gasteiger partial charge in [-0.1, -0.05) is 6.08 Å². The fourth-order valence-corrected chi connectivity index (χ4v) is 1.11. The van der Waals surface area contributed by atoms with E-state index < -0.39 is 0 Å². The Hall–Kier alpha value is -1.59. The van der Waals surface area contributed by atoms with Gasteiger partial charge in [0, 0.05) is 11.3 Å². The van der Waals surface area contributed by atoms with Gasteiger partial charge in [0.2, 0.25) is 0 Å². The van der Waals surface area contributed by atoms with E-state index in [1.165, 1.54) is 5.56 Å². The molecule has 0 saturated carbocycles. The number of hydrogen-bond acceptors (Lipinski definition) is 0. The summed E-state index contributed by atoms with van der Waals surface area (Å²) in [5.41, 5.74) is 4.31. The number of nitrogens with zero attached hydrogens (tertiary/aromatic N) is 1. The molecule has 0 saturated heterocycles. The van der Waals surface area contributed by atoms with Crippen LogP contribution in [0.1, 0.15) is 5.56 Å². The van der Waals surface area contributed by atoms with E-state index >= 15 is 0 Å². The van der Waals surface area contributed by atoms with Crippen molar-refractivity contribution in [3.8, 4) is 0 Å². The molecule has 1 heterocycles. The maximum absolute atomic E-state index is 3.77. The van der Waals surface area contributed by atoms with E-state index in [4.69, 9.17) is 0 Å². The third-order valence-corrected chi connectivity index (χ3v) is 1.66. The summed E-state index contributed by atoms with van der Waals surface area (Å²) >= 11 is 0. The fourth-order valence-electron chi connectivity index (χ4n) is 1.11. The number of fused-ring (bicyclic) bond motifs is 1. The summed E-state index contributed by atoms with van der Waals surface area (Å²) in [6, 6.07) is 2.00. The minimum absolute atomic E-state index is 1.13. The van der Waals surface area contributed by atoms with Crippen LogP contribution in [0.25, 0.3) is 11.8 Å². The molecule has 1 aromatic heterocycles. The molecule has 52 valence electrons. The van der Waals surface area contributed by atoms with Crippen molar-refractivity contribution in [2.45, 2.75) is 0 Å². The first-order valence-electron chi connectivity index (χ1n) is 3.49. The molecular weight excluding hydrogens is 134 g/mol. The van der Waals surface area contributed by atoms with E-state index in [2.05, 4.69) is 12.4 Å². The van der Waals surface area contributed by atoms with Crippen LogP contribution in [0.4, 0.5) is 0 Å². The Labute approximate surface area is 65.0 Å². The Kier molecular flexibility index (Phi) is 1.24. The highest BCUT2D eigenvalue weighted by Crippen LogP contribution is 1.93. The zero-order valence-corrected chi connectivity index (χ0v) is 6.12. The van der Waals surface area contributed by atoms with Crippen LogP contribution in [0.3, 0.4) is 0 Å². The average Bonchev–Trinajstić information content (AvgIpc) is 2.04. The van der Waals surface area contributed by atoms with Crippen LogP contribution >= 0.6 is 0 Å². The molecule has 1 aliphatic carbocycles. The van der Waals surface area contributed by atoms with E-state index in [9.17, 15) is 0 Å². The van der Waals surface area contributed by atoms with Crippen LogP contribution < -0.4 is 9.46 Å². The monoisotopic (exact) mass is 142 g/mol. The molecule has 0 unspecified atom stereocenters. The van der Waals surface area contributed by atoms with Gasteiger partial charge in [0.15, 0.2) is 12.4 Å². The van der Waals surface area contributed by atoms with Crippen molar-refractivity contribution in [1.82, 2.24) is 0 Å². The quantitative estimate of drug-likeness (QED) is 0.467. The maximum Gasteiger partial charge on any atom is 0.182 e. The minimum Gasteiger partial charge on any atom is -0.180 e. The van der Waals surface area contributed by atoms with Crippen molar-refractivity contribution in [2.24, 2.45) is 0 Å². The number of allylic oxidation sites excluding steroid dienone is 2. The van der Waals surface area contributed by atoms with Crippen molar-refractivity contribution in [1.29, 1.82) is 0 Å². The molecule has 0 atom stereocenters. The molecular formula is C10H8N+. The van der Waals surface area contributed by atoms with Gasteiger partial charge in [0.25, 0.3) is 0 Å². The molecule has 1 nitrogen and oxygen atoms in total. The zero-order valence-electron chi connectivity index (χ0n) is 6.12. The zero-order chi connectivity index (χ0) is 7.68. The van der Waals surface area contributed by atoms with Crippen molar-refractivity contribution in [2.75, 3.05) is 0 Å². The second-order valence-electron chi connectivity index (χ2n) is 2.50. The lowest BCUT2D eigenvalue weighted by Gasteiger charge is -1.90. The third-order valence-electron chi connectivity index (χ3n) is 1.66. The lowest BCUT2D eigenvalue weighted by atomic mass is 10.1. The van der Waals surface area contributed by atoms with Crippen LogP contribution in [0, 0.1) is 6.72 Å². The average molecular weight is 142 g/mol. The molecule has 0 radical (unpaired) electrons. The smallest absolute Gasteiger partial charge is 0.180 e. The van der Waals surface area contributed by atoms with Crippen LogP contribution in [-0.2, 0) is 0 Å². The molecule has 0 fully saturated rings. The predicted octanol–water partition coefficient (Wildman–Crippen LogP) is 0.576. The summed E-state index contributed by atoms with van der Waals surface area (Å²) in [7, 11) is 0. The standard InChI is InChI=1S/C10H8N/c1-11-7-6-9-4-2-3-5-10(9)8-11/h2-3,5-8H,1H2/q+1. The van der Waals surface area contributed by atoms with Crippen LogP contribution in [0.5, 0.6) is 0 Å². The van der Waals surface area contributed by atoms with Crippen LogP contribution in [-0.4, -0.2) is 0 Å². The maximum atomic E-state index is 3.77. The molecule has 1 aliphatic rings. The van der Waals surface area contributed by atoms with Gasteiger partial charge in [-0.25, -0.2) is 0 Å². The Morgan fingerprint density at radius 3 is 3.27 bits per heavy atom. The first-order chi connectivity index (χ1) is 5.36. The summed E-state index contributed by atoms with van der Waals surface area (Å²) in [5, 5.41) is 1.13. The first-order valence-corrected chi connectivity index (χ1v) is 3.49. The Balaban J connectivity index is 2.94. The Morgan fingerprint density at radius 1 is 1.45 bits per heavy atom. The predicted molar refractivity (Wildman–Crippen MR) is 44.0 cm³/mol. The lowest BCUT2D eigenvalue weighted by Crippen LogP contribution is -2.18. The summed E-state index contributed by atoms with van der Waals surface area (Å²) in [6.45, 7) is 3.77. The van der Waals surface area contributed by atoms with Gasteiger partial charge in [0.05, 0.1) is 5.56 Å². The normalized spacial score (nSPS) is 12.4. The van der Waals surface area contributed by atoms with Crippen molar-refractivity contribution in [3.05, 3.63) is 48.1 Å². The molecule has 0 aromatic carbocycles. The summed E-state index contributed by atoms with van der Waals surface area (Å²) in [4.78, 5) is 0. The lowest BCUT2D eigenvalue weighted by molar-refractivity contribution is -0.498. The van der Waals surface area contributed by atoms with E-state index in [1.807, 2.05) is 36.7 Å². The van der Waals surface area contributed by atoms with Gasteiger partial charge in [-0.05, 0) is 12.2 Å².